The van der Waals surface area contributed by atoms with Crippen LogP contribution in [0.3, 0.4) is 0 Å². The number of aromatic amines is 1. The summed E-state index contributed by atoms with van der Waals surface area (Å²) in [5.74, 6) is 1.15. The van der Waals surface area contributed by atoms with Crippen LogP contribution < -0.4 is 14.8 Å². The van der Waals surface area contributed by atoms with Crippen LogP contribution in [0.4, 0.5) is 0 Å². The Hall–Kier alpha value is -3.80. The van der Waals surface area contributed by atoms with Crippen LogP contribution in [-0.2, 0) is 17.8 Å². The maximum atomic E-state index is 13.1. The van der Waals surface area contributed by atoms with Gasteiger partial charge in [-0.1, -0.05) is 37.3 Å². The van der Waals surface area contributed by atoms with Gasteiger partial charge in [0.15, 0.2) is 0 Å². The number of methoxy groups -OCH3 is 2. The summed E-state index contributed by atoms with van der Waals surface area (Å²) >= 11 is 0. The summed E-state index contributed by atoms with van der Waals surface area (Å²) in [4.78, 5) is 20.8. The molecule has 1 unspecified atom stereocenters. The molecule has 6 nitrogen and oxygen atoms in total. The molecule has 0 spiro atoms. The highest BCUT2D eigenvalue weighted by molar-refractivity contribution is 5.88. The minimum atomic E-state index is -0.199. The second-order valence-corrected chi connectivity index (χ2v) is 7.90. The Kier molecular flexibility index (Phi) is 6.93. The number of H-pyrrole nitrogens is 1. The van der Waals surface area contributed by atoms with E-state index in [1.165, 1.54) is 5.56 Å². The number of aromatic nitrogens is 2. The summed E-state index contributed by atoms with van der Waals surface area (Å²) in [5.41, 5.74) is 5.19. The average molecular weight is 444 g/mol. The van der Waals surface area contributed by atoms with Crippen molar-refractivity contribution in [3.8, 4) is 11.5 Å². The number of nitrogens with one attached hydrogen (secondary N) is 2. The summed E-state index contributed by atoms with van der Waals surface area (Å²) in [5, 5.41) is 4.13. The van der Waals surface area contributed by atoms with E-state index < -0.39 is 0 Å². The van der Waals surface area contributed by atoms with Crippen LogP contribution in [0.2, 0.25) is 0 Å². The normalized spacial score (nSPS) is 11.8. The molecule has 4 rings (SSSR count). The molecule has 0 aliphatic carbocycles. The van der Waals surface area contributed by atoms with Crippen LogP contribution in [-0.4, -0.2) is 30.1 Å². The number of ether oxygens (including phenoxy) is 2. The SMILES string of the molecule is CCc1cccc2c(C(CC(=O)NCc3ccccn3)c3ccc(OC)cc3OC)c[nH]c12. The van der Waals surface area contributed by atoms with Crippen molar-refractivity contribution in [1.29, 1.82) is 0 Å². The number of hydrogen-bond acceptors (Lipinski definition) is 4. The molecule has 0 aliphatic rings. The third-order valence-corrected chi connectivity index (χ3v) is 5.99. The lowest BCUT2D eigenvalue weighted by Gasteiger charge is -2.20. The minimum Gasteiger partial charge on any atom is -0.497 e. The molecular formula is C27H29N3O3. The maximum Gasteiger partial charge on any atom is 0.221 e. The van der Waals surface area contributed by atoms with Gasteiger partial charge in [0.2, 0.25) is 5.91 Å². The Morgan fingerprint density at radius 1 is 1.06 bits per heavy atom. The lowest BCUT2D eigenvalue weighted by atomic mass is 9.87. The molecule has 170 valence electrons. The molecule has 2 aromatic heterocycles. The number of fused-ring (bicyclic) bond motifs is 1. The highest BCUT2D eigenvalue weighted by Gasteiger charge is 2.25. The Morgan fingerprint density at radius 3 is 2.67 bits per heavy atom. The van der Waals surface area contributed by atoms with Crippen molar-refractivity contribution in [2.45, 2.75) is 32.2 Å². The molecule has 33 heavy (non-hydrogen) atoms. The zero-order valence-electron chi connectivity index (χ0n) is 19.2. The summed E-state index contributed by atoms with van der Waals surface area (Å²) in [7, 11) is 3.27. The van der Waals surface area contributed by atoms with Crippen LogP contribution in [0.1, 0.15) is 41.6 Å². The van der Waals surface area contributed by atoms with Gasteiger partial charge < -0.3 is 19.8 Å². The van der Waals surface area contributed by atoms with E-state index in [1.54, 1.807) is 20.4 Å². The predicted molar refractivity (Wildman–Crippen MR) is 130 cm³/mol. The Labute approximate surface area is 194 Å². The molecule has 1 amide bonds. The Bertz CT molecular complexity index is 1230. The molecule has 0 aliphatic heterocycles. The number of para-hydroxylation sites is 1. The van der Waals surface area contributed by atoms with E-state index in [9.17, 15) is 4.79 Å². The van der Waals surface area contributed by atoms with Gasteiger partial charge in [-0.05, 0) is 35.7 Å². The largest absolute Gasteiger partial charge is 0.497 e. The van der Waals surface area contributed by atoms with Gasteiger partial charge in [0, 0.05) is 47.3 Å². The fraction of sp³-hybridized carbons (Fsp3) is 0.259. The highest BCUT2D eigenvalue weighted by atomic mass is 16.5. The van der Waals surface area contributed by atoms with Crippen molar-refractivity contribution < 1.29 is 14.3 Å². The second kappa shape index (κ2) is 10.2. The Balaban J connectivity index is 1.71. The number of pyridine rings is 1. The zero-order valence-corrected chi connectivity index (χ0v) is 19.2. The minimum absolute atomic E-state index is 0.0514. The number of rotatable bonds is 9. The zero-order chi connectivity index (χ0) is 23.2. The third kappa shape index (κ3) is 4.85. The first kappa shape index (κ1) is 22.4. The summed E-state index contributed by atoms with van der Waals surface area (Å²) in [6.45, 7) is 2.53. The van der Waals surface area contributed by atoms with Crippen molar-refractivity contribution in [3.05, 3.63) is 89.4 Å². The molecule has 4 aromatic rings. The number of aryl methyl sites for hydroxylation is 1. The number of benzene rings is 2. The van der Waals surface area contributed by atoms with Crippen molar-refractivity contribution >= 4 is 16.8 Å². The van der Waals surface area contributed by atoms with Crippen LogP contribution in [0.25, 0.3) is 10.9 Å². The van der Waals surface area contributed by atoms with Crippen LogP contribution in [0, 0.1) is 0 Å². The van der Waals surface area contributed by atoms with Crippen molar-refractivity contribution in [1.82, 2.24) is 15.3 Å². The third-order valence-electron chi connectivity index (χ3n) is 5.99. The van der Waals surface area contributed by atoms with Gasteiger partial charge >= 0.3 is 0 Å². The number of hydrogen-bond donors (Lipinski definition) is 2. The average Bonchev–Trinajstić information content (AvgIpc) is 3.30. The van der Waals surface area contributed by atoms with Crippen LogP contribution >= 0.6 is 0 Å². The topological polar surface area (TPSA) is 76.2 Å². The van der Waals surface area contributed by atoms with Crippen molar-refractivity contribution in [3.63, 3.8) is 0 Å². The van der Waals surface area contributed by atoms with Gasteiger partial charge in [-0.15, -0.1) is 0 Å². The van der Waals surface area contributed by atoms with E-state index in [0.717, 1.165) is 34.1 Å². The fourth-order valence-corrected chi connectivity index (χ4v) is 4.26. The summed E-state index contributed by atoms with van der Waals surface area (Å²) < 4.78 is 11.1. The molecule has 0 saturated carbocycles. The molecule has 2 aromatic carbocycles. The van der Waals surface area contributed by atoms with Gasteiger partial charge in [0.25, 0.3) is 0 Å². The van der Waals surface area contributed by atoms with E-state index in [0.29, 0.717) is 18.0 Å². The molecule has 1 atom stereocenters. The maximum absolute atomic E-state index is 13.1. The summed E-state index contributed by atoms with van der Waals surface area (Å²) in [6.07, 6.45) is 4.95. The lowest BCUT2D eigenvalue weighted by molar-refractivity contribution is -0.121. The first-order valence-corrected chi connectivity index (χ1v) is 11.1. The molecule has 6 heteroatoms. The van der Waals surface area contributed by atoms with Crippen molar-refractivity contribution in [2.75, 3.05) is 14.2 Å². The van der Waals surface area contributed by atoms with Gasteiger partial charge in [-0.2, -0.15) is 0 Å². The number of carbonyl (C=O) groups is 1. The highest BCUT2D eigenvalue weighted by Crippen LogP contribution is 2.40. The molecular weight excluding hydrogens is 414 g/mol. The lowest BCUT2D eigenvalue weighted by Crippen LogP contribution is -2.25. The predicted octanol–water partition coefficient (Wildman–Crippen LogP) is 4.98. The van der Waals surface area contributed by atoms with Crippen LogP contribution in [0.5, 0.6) is 11.5 Å². The standard InChI is InChI=1S/C27H29N3O3/c1-4-18-8-7-10-22-24(17-30-27(18)22)23(21-12-11-20(32-2)14-25(21)33-3)15-26(31)29-16-19-9-5-6-13-28-19/h5-14,17,23,30H,4,15-16H2,1-3H3,(H,29,31). The van der Waals surface area contributed by atoms with E-state index in [-0.39, 0.29) is 18.2 Å². The smallest absolute Gasteiger partial charge is 0.221 e. The van der Waals surface area contributed by atoms with E-state index in [4.69, 9.17) is 9.47 Å². The van der Waals surface area contributed by atoms with Crippen LogP contribution in [0.15, 0.2) is 67.0 Å². The van der Waals surface area contributed by atoms with E-state index in [2.05, 4.69) is 40.4 Å². The fourth-order valence-electron chi connectivity index (χ4n) is 4.26. The number of carbonyl (C=O) groups excluding carboxylic acids is 1. The molecule has 0 fully saturated rings. The Morgan fingerprint density at radius 2 is 1.94 bits per heavy atom. The molecule has 2 heterocycles. The summed E-state index contributed by atoms with van der Waals surface area (Å²) in [6, 6.07) is 17.7. The molecule has 2 N–H and O–H groups in total. The van der Waals surface area contributed by atoms with Crippen molar-refractivity contribution in [2.24, 2.45) is 0 Å². The van der Waals surface area contributed by atoms with Gasteiger partial charge in [0.05, 0.1) is 26.5 Å². The number of amides is 1. The van der Waals surface area contributed by atoms with E-state index in [1.807, 2.05) is 42.6 Å². The van der Waals surface area contributed by atoms with Gasteiger partial charge in [-0.25, -0.2) is 0 Å². The first-order chi connectivity index (χ1) is 16.1. The molecule has 0 radical (unpaired) electrons. The van der Waals surface area contributed by atoms with E-state index >= 15 is 0 Å². The molecule has 0 saturated heterocycles. The number of nitrogens with zero attached hydrogens (tertiary/aromatic N) is 1. The first-order valence-electron chi connectivity index (χ1n) is 11.1. The second-order valence-electron chi connectivity index (χ2n) is 7.90. The van der Waals surface area contributed by atoms with Gasteiger partial charge in [-0.3, -0.25) is 9.78 Å². The van der Waals surface area contributed by atoms with Gasteiger partial charge in [0.1, 0.15) is 11.5 Å². The molecule has 0 bridgehead atoms. The monoisotopic (exact) mass is 443 g/mol. The quantitative estimate of drug-likeness (QED) is 0.382.